The molecule has 1 aliphatic carbocycles. The number of fused-ring (bicyclic) bond motifs is 3. The molecule has 4 aromatic rings. The molecule has 0 saturated carbocycles. The van der Waals surface area contributed by atoms with Gasteiger partial charge in [-0.05, 0) is 72.9 Å². The van der Waals surface area contributed by atoms with Gasteiger partial charge in [-0.15, -0.1) is 0 Å². The third-order valence-electron chi connectivity index (χ3n) is 7.09. The predicted octanol–water partition coefficient (Wildman–Crippen LogP) is 6.86. The standard InChI is InChI=1S/C34H33N3O6/c1-34(2,3)43-25-18-12-22(13-19-25)20-31(32(38)35-23-14-16-24(17-15-23)37(40)41)36-33(39)42-21-30-28-10-6-4-8-26(28)27-9-5-7-11-29(27)30/h4-19,30-31H,20-21H2,1-3H3,(H,35,38)(H,36,39)/t31-/m0/s1. The molecule has 0 heterocycles. The Morgan fingerprint density at radius 3 is 2.00 bits per heavy atom. The number of nitro groups is 1. The summed E-state index contributed by atoms with van der Waals surface area (Å²) in [6, 6.07) is 27.9. The van der Waals surface area contributed by atoms with E-state index in [-0.39, 0.29) is 30.2 Å². The van der Waals surface area contributed by atoms with Crippen LogP contribution in [0, 0.1) is 10.1 Å². The van der Waals surface area contributed by atoms with Gasteiger partial charge in [0, 0.05) is 30.2 Å². The number of anilines is 1. The van der Waals surface area contributed by atoms with Crippen LogP contribution in [0.25, 0.3) is 11.1 Å². The van der Waals surface area contributed by atoms with Crippen molar-refractivity contribution in [3.8, 4) is 16.9 Å². The highest BCUT2D eigenvalue weighted by Crippen LogP contribution is 2.44. The largest absolute Gasteiger partial charge is 0.488 e. The molecule has 1 aliphatic rings. The molecule has 1 atom stereocenters. The van der Waals surface area contributed by atoms with E-state index in [2.05, 4.69) is 22.8 Å². The maximum absolute atomic E-state index is 13.4. The molecule has 0 aliphatic heterocycles. The first-order valence-electron chi connectivity index (χ1n) is 14.0. The van der Waals surface area contributed by atoms with Gasteiger partial charge in [-0.25, -0.2) is 4.79 Å². The maximum atomic E-state index is 13.4. The van der Waals surface area contributed by atoms with Gasteiger partial charge in [0.2, 0.25) is 5.91 Å². The SMILES string of the molecule is CC(C)(C)Oc1ccc(C[C@H](NC(=O)OCC2c3ccccc3-c3ccccc32)C(=O)Nc2ccc([N+](=O)[O-])cc2)cc1. The zero-order chi connectivity index (χ0) is 30.6. The van der Waals surface area contributed by atoms with E-state index in [1.807, 2.05) is 81.4 Å². The number of benzene rings is 4. The van der Waals surface area contributed by atoms with E-state index in [9.17, 15) is 19.7 Å². The molecule has 0 bridgehead atoms. The minimum atomic E-state index is -0.986. The van der Waals surface area contributed by atoms with Crippen molar-refractivity contribution in [3.05, 3.63) is 124 Å². The van der Waals surface area contributed by atoms with E-state index in [4.69, 9.17) is 9.47 Å². The number of carbonyl (C=O) groups excluding carboxylic acids is 2. The number of carbonyl (C=O) groups is 2. The van der Waals surface area contributed by atoms with Crippen LogP contribution in [0.1, 0.15) is 43.4 Å². The normalized spacial score (nSPS) is 12.9. The van der Waals surface area contributed by atoms with Crippen molar-refractivity contribution < 1.29 is 24.0 Å². The number of rotatable bonds is 9. The van der Waals surface area contributed by atoms with Gasteiger partial charge in [0.25, 0.3) is 5.69 Å². The van der Waals surface area contributed by atoms with Crippen LogP contribution in [0.2, 0.25) is 0 Å². The number of non-ortho nitro benzene ring substituents is 1. The Balaban J connectivity index is 1.30. The number of alkyl carbamates (subject to hydrolysis) is 1. The van der Waals surface area contributed by atoms with Crippen molar-refractivity contribution in [2.24, 2.45) is 0 Å². The van der Waals surface area contributed by atoms with Crippen LogP contribution in [0.3, 0.4) is 0 Å². The summed E-state index contributed by atoms with van der Waals surface area (Å²) in [5.41, 5.74) is 5.11. The van der Waals surface area contributed by atoms with Crippen molar-refractivity contribution in [1.82, 2.24) is 5.32 Å². The maximum Gasteiger partial charge on any atom is 0.407 e. The highest BCUT2D eigenvalue weighted by Gasteiger charge is 2.30. The van der Waals surface area contributed by atoms with Gasteiger partial charge in [0.1, 0.15) is 24.0 Å². The smallest absolute Gasteiger partial charge is 0.407 e. The van der Waals surface area contributed by atoms with Crippen LogP contribution in [0.15, 0.2) is 97.1 Å². The highest BCUT2D eigenvalue weighted by molar-refractivity contribution is 5.96. The lowest BCUT2D eigenvalue weighted by atomic mass is 9.98. The number of nitrogens with zero attached hydrogens (tertiary/aromatic N) is 1. The molecule has 4 aromatic carbocycles. The second-order valence-corrected chi connectivity index (χ2v) is 11.4. The summed E-state index contributed by atoms with van der Waals surface area (Å²) in [5.74, 6) is 0.0749. The van der Waals surface area contributed by atoms with Crippen molar-refractivity contribution in [2.45, 2.75) is 44.8 Å². The number of hydrogen-bond donors (Lipinski definition) is 2. The number of ether oxygens (including phenoxy) is 2. The topological polar surface area (TPSA) is 120 Å². The number of hydrogen-bond acceptors (Lipinski definition) is 6. The minimum absolute atomic E-state index is 0.0936. The first-order valence-corrected chi connectivity index (χ1v) is 14.0. The quantitative estimate of drug-likeness (QED) is 0.165. The van der Waals surface area contributed by atoms with E-state index in [0.29, 0.717) is 11.4 Å². The fourth-order valence-electron chi connectivity index (χ4n) is 5.17. The molecular formula is C34H33N3O6. The summed E-state index contributed by atoms with van der Waals surface area (Å²) < 4.78 is 11.6. The second kappa shape index (κ2) is 12.4. The molecule has 0 radical (unpaired) electrons. The molecule has 5 rings (SSSR count). The van der Waals surface area contributed by atoms with Crippen molar-refractivity contribution in [1.29, 1.82) is 0 Å². The van der Waals surface area contributed by atoms with Gasteiger partial charge in [-0.3, -0.25) is 14.9 Å². The molecule has 0 saturated heterocycles. The Labute approximate surface area is 250 Å². The lowest BCUT2D eigenvalue weighted by molar-refractivity contribution is -0.384. The zero-order valence-electron chi connectivity index (χ0n) is 24.2. The van der Waals surface area contributed by atoms with Gasteiger partial charge >= 0.3 is 6.09 Å². The van der Waals surface area contributed by atoms with Crippen molar-refractivity contribution >= 4 is 23.4 Å². The Morgan fingerprint density at radius 2 is 1.44 bits per heavy atom. The third-order valence-corrected chi connectivity index (χ3v) is 7.09. The van der Waals surface area contributed by atoms with E-state index >= 15 is 0 Å². The Hall–Kier alpha value is -5.18. The number of amides is 2. The fourth-order valence-corrected chi connectivity index (χ4v) is 5.17. The van der Waals surface area contributed by atoms with Gasteiger partial charge in [-0.1, -0.05) is 60.7 Å². The van der Waals surface area contributed by atoms with E-state index in [1.54, 1.807) is 0 Å². The monoisotopic (exact) mass is 579 g/mol. The lowest BCUT2D eigenvalue weighted by Crippen LogP contribution is -2.45. The summed E-state index contributed by atoms with van der Waals surface area (Å²) in [6.07, 6.45) is -0.544. The first-order chi connectivity index (χ1) is 20.6. The summed E-state index contributed by atoms with van der Waals surface area (Å²) in [7, 11) is 0. The molecule has 43 heavy (non-hydrogen) atoms. The molecule has 0 unspecified atom stereocenters. The van der Waals surface area contributed by atoms with Gasteiger partial charge in [0.15, 0.2) is 0 Å². The summed E-state index contributed by atoms with van der Waals surface area (Å²) in [4.78, 5) is 37.0. The summed E-state index contributed by atoms with van der Waals surface area (Å²) in [6.45, 7) is 5.97. The van der Waals surface area contributed by atoms with Crippen molar-refractivity contribution in [3.63, 3.8) is 0 Å². The molecule has 9 heteroatoms. The van der Waals surface area contributed by atoms with Gasteiger partial charge in [-0.2, -0.15) is 0 Å². The van der Waals surface area contributed by atoms with Crippen LogP contribution in [0.5, 0.6) is 5.75 Å². The highest BCUT2D eigenvalue weighted by atomic mass is 16.6. The molecule has 0 aromatic heterocycles. The molecule has 9 nitrogen and oxygen atoms in total. The second-order valence-electron chi connectivity index (χ2n) is 11.4. The molecule has 2 N–H and O–H groups in total. The van der Waals surface area contributed by atoms with E-state index in [0.717, 1.165) is 27.8 Å². The minimum Gasteiger partial charge on any atom is -0.488 e. The average molecular weight is 580 g/mol. The summed E-state index contributed by atoms with van der Waals surface area (Å²) in [5, 5.41) is 16.5. The Morgan fingerprint density at radius 1 is 0.860 bits per heavy atom. The third kappa shape index (κ3) is 7.19. The zero-order valence-corrected chi connectivity index (χ0v) is 24.2. The van der Waals surface area contributed by atoms with E-state index in [1.165, 1.54) is 24.3 Å². The fraction of sp³-hybridized carbons (Fsp3) is 0.235. The van der Waals surface area contributed by atoms with Crippen LogP contribution in [-0.4, -0.2) is 35.2 Å². The molecule has 2 amide bonds. The first kappa shape index (κ1) is 29.3. The van der Waals surface area contributed by atoms with Gasteiger partial charge < -0.3 is 20.1 Å². The number of nitrogens with one attached hydrogen (secondary N) is 2. The Bertz CT molecular complexity index is 1580. The molecule has 0 spiro atoms. The van der Waals surface area contributed by atoms with Crippen LogP contribution >= 0.6 is 0 Å². The van der Waals surface area contributed by atoms with Crippen LogP contribution in [-0.2, 0) is 16.0 Å². The molecule has 0 fully saturated rings. The summed E-state index contributed by atoms with van der Waals surface area (Å²) >= 11 is 0. The predicted molar refractivity (Wildman–Crippen MR) is 164 cm³/mol. The number of nitro benzene ring substituents is 1. The van der Waals surface area contributed by atoms with Crippen molar-refractivity contribution in [2.75, 3.05) is 11.9 Å². The molecular weight excluding hydrogens is 546 g/mol. The van der Waals surface area contributed by atoms with Crippen LogP contribution < -0.4 is 15.4 Å². The van der Waals surface area contributed by atoms with Gasteiger partial charge in [0.05, 0.1) is 4.92 Å². The van der Waals surface area contributed by atoms with Crippen LogP contribution in [0.4, 0.5) is 16.2 Å². The Kier molecular flexibility index (Phi) is 8.43. The lowest BCUT2D eigenvalue weighted by Gasteiger charge is -2.22. The average Bonchev–Trinajstić information content (AvgIpc) is 3.30. The van der Waals surface area contributed by atoms with E-state index < -0.39 is 23.0 Å². The molecule has 220 valence electrons.